The lowest BCUT2D eigenvalue weighted by Gasteiger charge is -2.16. The summed E-state index contributed by atoms with van der Waals surface area (Å²) >= 11 is 0. The van der Waals surface area contributed by atoms with Crippen molar-refractivity contribution in [3.63, 3.8) is 0 Å². The van der Waals surface area contributed by atoms with Crippen LogP contribution in [0.15, 0.2) is 23.6 Å². The van der Waals surface area contributed by atoms with Crippen LogP contribution in [0.2, 0.25) is 0 Å². The molecule has 1 aromatic heterocycles. The standard InChI is InChI=1S/C11H13N3/c1-3-11(2)5-4-9-10(13-7-11)6-12-8-14-9/h4-8H,3H2,1-2H3. The van der Waals surface area contributed by atoms with Gasteiger partial charge in [0.25, 0.3) is 0 Å². The molecule has 1 aliphatic rings. The van der Waals surface area contributed by atoms with Crippen molar-refractivity contribution in [2.24, 2.45) is 10.4 Å². The zero-order valence-electron chi connectivity index (χ0n) is 8.44. The number of aliphatic imine (C=N–C) groups is 1. The largest absolute Gasteiger partial charge is 0.256 e. The number of hydrogen-bond donors (Lipinski definition) is 0. The summed E-state index contributed by atoms with van der Waals surface area (Å²) in [5, 5.41) is 0. The molecule has 0 amide bonds. The van der Waals surface area contributed by atoms with Crippen LogP contribution in [-0.4, -0.2) is 16.2 Å². The fourth-order valence-corrected chi connectivity index (χ4v) is 1.30. The van der Waals surface area contributed by atoms with Crippen LogP contribution in [0.4, 0.5) is 5.69 Å². The Kier molecular flexibility index (Phi) is 2.15. The molecule has 1 atom stereocenters. The fourth-order valence-electron chi connectivity index (χ4n) is 1.30. The van der Waals surface area contributed by atoms with Gasteiger partial charge in [0, 0.05) is 11.6 Å². The van der Waals surface area contributed by atoms with Gasteiger partial charge in [-0.15, -0.1) is 0 Å². The highest BCUT2D eigenvalue weighted by Gasteiger charge is 2.18. The van der Waals surface area contributed by atoms with E-state index in [0.717, 1.165) is 17.8 Å². The molecule has 1 unspecified atom stereocenters. The normalized spacial score (nSPS) is 24.4. The SMILES string of the molecule is CCC1(C)C=Cc2ncncc2N=C1. The first-order valence-electron chi connectivity index (χ1n) is 4.78. The lowest BCUT2D eigenvalue weighted by Crippen LogP contribution is -2.12. The molecule has 0 saturated heterocycles. The molecule has 0 aromatic carbocycles. The van der Waals surface area contributed by atoms with Gasteiger partial charge in [-0.2, -0.15) is 0 Å². The highest BCUT2D eigenvalue weighted by molar-refractivity contribution is 5.78. The molecule has 0 N–H and O–H groups in total. The van der Waals surface area contributed by atoms with Crippen molar-refractivity contribution in [3.05, 3.63) is 24.3 Å². The summed E-state index contributed by atoms with van der Waals surface area (Å²) in [5.41, 5.74) is 1.79. The van der Waals surface area contributed by atoms with Crippen LogP contribution in [0.1, 0.15) is 26.0 Å². The fraction of sp³-hybridized carbons (Fsp3) is 0.364. The minimum absolute atomic E-state index is 0.0424. The van der Waals surface area contributed by atoms with E-state index >= 15 is 0 Å². The van der Waals surface area contributed by atoms with Crippen molar-refractivity contribution in [1.29, 1.82) is 0 Å². The predicted octanol–water partition coefficient (Wildman–Crippen LogP) is 2.62. The van der Waals surface area contributed by atoms with Gasteiger partial charge in [-0.05, 0) is 12.5 Å². The van der Waals surface area contributed by atoms with Gasteiger partial charge in [0.15, 0.2) is 0 Å². The van der Waals surface area contributed by atoms with Gasteiger partial charge in [0.05, 0.1) is 11.9 Å². The zero-order valence-corrected chi connectivity index (χ0v) is 8.44. The maximum atomic E-state index is 4.40. The van der Waals surface area contributed by atoms with E-state index in [1.54, 1.807) is 12.5 Å². The van der Waals surface area contributed by atoms with Crippen LogP contribution in [0.25, 0.3) is 6.08 Å². The molecular formula is C11H13N3. The Morgan fingerprint density at radius 2 is 2.29 bits per heavy atom. The summed E-state index contributed by atoms with van der Waals surface area (Å²) in [6.45, 7) is 4.31. The van der Waals surface area contributed by atoms with Crippen molar-refractivity contribution in [1.82, 2.24) is 9.97 Å². The van der Waals surface area contributed by atoms with E-state index in [-0.39, 0.29) is 5.41 Å². The highest BCUT2D eigenvalue weighted by atomic mass is 14.9. The molecule has 0 spiro atoms. The van der Waals surface area contributed by atoms with E-state index in [0.29, 0.717) is 0 Å². The minimum Gasteiger partial charge on any atom is -0.256 e. The van der Waals surface area contributed by atoms with E-state index < -0.39 is 0 Å². The predicted molar refractivity (Wildman–Crippen MR) is 57.6 cm³/mol. The Balaban J connectivity index is 2.47. The molecule has 0 bridgehead atoms. The molecule has 3 heteroatoms. The second kappa shape index (κ2) is 3.33. The van der Waals surface area contributed by atoms with Gasteiger partial charge in [0.2, 0.25) is 0 Å². The topological polar surface area (TPSA) is 38.1 Å². The monoisotopic (exact) mass is 187 g/mol. The lowest BCUT2D eigenvalue weighted by atomic mass is 9.89. The van der Waals surface area contributed by atoms with Crippen molar-refractivity contribution in [2.75, 3.05) is 0 Å². The summed E-state index contributed by atoms with van der Waals surface area (Å²) in [6, 6.07) is 0. The van der Waals surface area contributed by atoms with Crippen LogP contribution in [-0.2, 0) is 0 Å². The summed E-state index contributed by atoms with van der Waals surface area (Å²) in [7, 11) is 0. The quantitative estimate of drug-likeness (QED) is 0.677. The molecule has 1 aliphatic heterocycles. The summed E-state index contributed by atoms with van der Waals surface area (Å²) in [6.07, 6.45) is 10.5. The van der Waals surface area contributed by atoms with E-state index in [2.05, 4.69) is 34.9 Å². The third-order valence-electron chi connectivity index (χ3n) is 2.61. The molecule has 0 saturated carbocycles. The zero-order chi connectivity index (χ0) is 10.0. The number of aromatic nitrogens is 2. The molecule has 0 radical (unpaired) electrons. The van der Waals surface area contributed by atoms with Crippen LogP contribution in [0.5, 0.6) is 0 Å². The summed E-state index contributed by atoms with van der Waals surface area (Å²) in [4.78, 5) is 12.5. The summed E-state index contributed by atoms with van der Waals surface area (Å²) < 4.78 is 0. The van der Waals surface area contributed by atoms with Crippen LogP contribution >= 0.6 is 0 Å². The maximum absolute atomic E-state index is 4.40. The third kappa shape index (κ3) is 1.58. The average Bonchev–Trinajstić information content (AvgIpc) is 2.40. The Bertz CT molecular complexity index is 360. The van der Waals surface area contributed by atoms with E-state index in [4.69, 9.17) is 0 Å². The molecule has 0 fully saturated rings. The first kappa shape index (κ1) is 9.06. The van der Waals surface area contributed by atoms with E-state index in [1.165, 1.54) is 0 Å². The Labute approximate surface area is 83.6 Å². The number of rotatable bonds is 1. The number of nitrogens with zero attached hydrogens (tertiary/aromatic N) is 3. The molecule has 2 heterocycles. The average molecular weight is 187 g/mol. The van der Waals surface area contributed by atoms with Gasteiger partial charge >= 0.3 is 0 Å². The smallest absolute Gasteiger partial charge is 0.116 e. The van der Waals surface area contributed by atoms with Gasteiger partial charge in [-0.1, -0.05) is 19.9 Å². The second-order valence-electron chi connectivity index (χ2n) is 3.74. The van der Waals surface area contributed by atoms with Gasteiger partial charge < -0.3 is 0 Å². The number of allylic oxidation sites excluding steroid dienone is 1. The maximum Gasteiger partial charge on any atom is 0.116 e. The lowest BCUT2D eigenvalue weighted by molar-refractivity contribution is 0.590. The number of fused-ring (bicyclic) bond motifs is 1. The first-order chi connectivity index (χ1) is 6.73. The van der Waals surface area contributed by atoms with Crippen molar-refractivity contribution < 1.29 is 0 Å². The molecular weight excluding hydrogens is 174 g/mol. The highest BCUT2D eigenvalue weighted by Crippen LogP contribution is 2.28. The number of hydrogen-bond acceptors (Lipinski definition) is 3. The Morgan fingerprint density at radius 1 is 1.43 bits per heavy atom. The molecule has 0 aliphatic carbocycles. The Morgan fingerprint density at radius 3 is 3.07 bits per heavy atom. The van der Waals surface area contributed by atoms with Gasteiger partial charge in [0.1, 0.15) is 12.0 Å². The molecule has 14 heavy (non-hydrogen) atoms. The van der Waals surface area contributed by atoms with Gasteiger partial charge in [-0.25, -0.2) is 9.97 Å². The molecule has 1 aromatic rings. The van der Waals surface area contributed by atoms with Crippen molar-refractivity contribution in [3.8, 4) is 0 Å². The minimum atomic E-state index is 0.0424. The van der Waals surface area contributed by atoms with E-state index in [9.17, 15) is 0 Å². The van der Waals surface area contributed by atoms with Crippen molar-refractivity contribution in [2.45, 2.75) is 20.3 Å². The van der Waals surface area contributed by atoms with Crippen molar-refractivity contribution >= 4 is 18.0 Å². The molecule has 72 valence electrons. The third-order valence-corrected chi connectivity index (χ3v) is 2.61. The summed E-state index contributed by atoms with van der Waals surface area (Å²) in [5.74, 6) is 0. The second-order valence-corrected chi connectivity index (χ2v) is 3.74. The van der Waals surface area contributed by atoms with E-state index in [1.807, 2.05) is 12.3 Å². The first-order valence-corrected chi connectivity index (χ1v) is 4.78. The van der Waals surface area contributed by atoms with Crippen LogP contribution in [0, 0.1) is 5.41 Å². The molecule has 2 rings (SSSR count). The molecule has 3 nitrogen and oxygen atoms in total. The Hall–Kier alpha value is -1.51. The van der Waals surface area contributed by atoms with Crippen LogP contribution in [0.3, 0.4) is 0 Å². The van der Waals surface area contributed by atoms with Crippen LogP contribution < -0.4 is 0 Å². The van der Waals surface area contributed by atoms with Gasteiger partial charge in [-0.3, -0.25) is 4.99 Å².